The highest BCUT2D eigenvalue weighted by Crippen LogP contribution is 2.28. The number of nitrogens with zero attached hydrogens (tertiary/aromatic N) is 1. The minimum atomic E-state index is -1.12. The highest BCUT2D eigenvalue weighted by atomic mass is 16.6. The number of ether oxygens (including phenoxy) is 1. The normalized spacial score (nSPS) is 12.6. The van der Waals surface area contributed by atoms with E-state index in [1.54, 1.807) is 34.6 Å². The van der Waals surface area contributed by atoms with Crippen LogP contribution in [-0.2, 0) is 9.53 Å². The first-order valence-corrected chi connectivity index (χ1v) is 7.43. The summed E-state index contributed by atoms with van der Waals surface area (Å²) in [5, 5.41) is 23.1. The Hall–Kier alpha value is -2.64. The molecule has 0 spiro atoms. The van der Waals surface area contributed by atoms with E-state index in [1.807, 2.05) is 0 Å². The first kappa shape index (κ1) is 19.4. The quantitative estimate of drug-likeness (QED) is 0.465. The van der Waals surface area contributed by atoms with Gasteiger partial charge < -0.3 is 15.2 Å². The van der Waals surface area contributed by atoms with Crippen molar-refractivity contribution in [2.75, 3.05) is 5.32 Å². The van der Waals surface area contributed by atoms with Crippen LogP contribution in [0.2, 0.25) is 0 Å². The van der Waals surface area contributed by atoms with E-state index in [1.165, 1.54) is 12.1 Å². The Balaban J connectivity index is 3.19. The van der Waals surface area contributed by atoms with E-state index in [-0.39, 0.29) is 22.9 Å². The number of anilines is 1. The molecule has 132 valence electrons. The van der Waals surface area contributed by atoms with Crippen LogP contribution in [-0.4, -0.2) is 33.6 Å². The molecule has 0 aliphatic carbocycles. The third-order valence-electron chi connectivity index (χ3n) is 3.07. The van der Waals surface area contributed by atoms with Crippen molar-refractivity contribution >= 4 is 23.3 Å². The maximum Gasteiger partial charge on any atom is 0.338 e. The maximum absolute atomic E-state index is 12.0. The summed E-state index contributed by atoms with van der Waals surface area (Å²) in [7, 11) is 0. The number of nitrogens with one attached hydrogen (secondary N) is 1. The lowest BCUT2D eigenvalue weighted by molar-refractivity contribution is -0.384. The summed E-state index contributed by atoms with van der Waals surface area (Å²) in [6, 6.07) is 2.77. The lowest BCUT2D eigenvalue weighted by Crippen LogP contribution is -2.34. The van der Waals surface area contributed by atoms with Gasteiger partial charge >= 0.3 is 11.9 Å². The highest BCUT2D eigenvalue weighted by molar-refractivity contribution is 5.92. The van der Waals surface area contributed by atoms with E-state index in [0.717, 1.165) is 6.07 Å². The molecule has 0 heterocycles. The second-order valence-electron chi connectivity index (χ2n) is 6.70. The summed E-state index contributed by atoms with van der Waals surface area (Å²) >= 11 is 0. The van der Waals surface area contributed by atoms with Crippen molar-refractivity contribution in [1.82, 2.24) is 0 Å². The second kappa shape index (κ2) is 7.29. The number of carboxylic acid groups (broad SMARTS) is 1. The molecule has 1 aromatic rings. The van der Waals surface area contributed by atoms with Gasteiger partial charge in [0, 0.05) is 6.07 Å². The molecule has 1 atom stereocenters. The second-order valence-corrected chi connectivity index (χ2v) is 6.70. The number of rotatable bonds is 6. The Bertz CT molecular complexity index is 648. The van der Waals surface area contributed by atoms with Crippen molar-refractivity contribution in [2.45, 2.75) is 46.3 Å². The Labute approximate surface area is 140 Å². The van der Waals surface area contributed by atoms with Crippen LogP contribution in [0.3, 0.4) is 0 Å². The number of carbonyl (C=O) groups is 2. The fraction of sp³-hybridized carbons (Fsp3) is 0.500. The van der Waals surface area contributed by atoms with Crippen LogP contribution >= 0.6 is 0 Å². The molecule has 1 rings (SSSR count). The first-order chi connectivity index (χ1) is 10.9. The summed E-state index contributed by atoms with van der Waals surface area (Å²) in [4.78, 5) is 33.9. The first-order valence-electron chi connectivity index (χ1n) is 7.43. The Kier molecular flexibility index (Phi) is 5.89. The Morgan fingerprint density at radius 1 is 1.29 bits per heavy atom. The summed E-state index contributed by atoms with van der Waals surface area (Å²) in [6.07, 6.45) is 0. The van der Waals surface area contributed by atoms with Gasteiger partial charge in [0.05, 0.1) is 10.5 Å². The molecule has 0 aliphatic rings. The molecule has 0 aliphatic heterocycles. The van der Waals surface area contributed by atoms with Crippen LogP contribution in [0.4, 0.5) is 11.4 Å². The van der Waals surface area contributed by atoms with Gasteiger partial charge in [-0.15, -0.1) is 0 Å². The van der Waals surface area contributed by atoms with Crippen LogP contribution in [0.25, 0.3) is 0 Å². The molecule has 8 nitrogen and oxygen atoms in total. The molecule has 8 heteroatoms. The molecular weight excluding hydrogens is 316 g/mol. The predicted octanol–water partition coefficient (Wildman–Crippen LogP) is 3.07. The van der Waals surface area contributed by atoms with E-state index >= 15 is 0 Å². The van der Waals surface area contributed by atoms with Gasteiger partial charge in [0.15, 0.2) is 0 Å². The molecule has 0 radical (unpaired) electrons. The van der Waals surface area contributed by atoms with Crippen molar-refractivity contribution in [3.8, 4) is 0 Å². The van der Waals surface area contributed by atoms with E-state index in [9.17, 15) is 24.8 Å². The third-order valence-corrected chi connectivity index (χ3v) is 3.07. The van der Waals surface area contributed by atoms with Crippen LogP contribution in [0, 0.1) is 16.0 Å². The largest absolute Gasteiger partial charge is 0.480 e. The Morgan fingerprint density at radius 2 is 1.88 bits per heavy atom. The number of esters is 1. The molecule has 1 unspecified atom stereocenters. The van der Waals surface area contributed by atoms with Crippen LogP contribution in [0.15, 0.2) is 18.2 Å². The average molecular weight is 338 g/mol. The van der Waals surface area contributed by atoms with E-state index in [2.05, 4.69) is 5.32 Å². The number of carbonyl (C=O) groups excluding carboxylic acids is 1. The summed E-state index contributed by atoms with van der Waals surface area (Å²) in [6.45, 7) is 8.44. The van der Waals surface area contributed by atoms with Crippen LogP contribution < -0.4 is 5.32 Å². The minimum absolute atomic E-state index is 0.0265. The number of hydrogen-bond donors (Lipinski definition) is 2. The van der Waals surface area contributed by atoms with Crippen molar-refractivity contribution < 1.29 is 24.4 Å². The van der Waals surface area contributed by atoms with Gasteiger partial charge in [-0.05, 0) is 38.8 Å². The molecule has 0 fully saturated rings. The smallest absolute Gasteiger partial charge is 0.338 e. The van der Waals surface area contributed by atoms with Gasteiger partial charge in [0.25, 0.3) is 5.69 Å². The van der Waals surface area contributed by atoms with Crippen molar-refractivity contribution in [1.29, 1.82) is 0 Å². The molecule has 2 N–H and O–H groups in total. The van der Waals surface area contributed by atoms with Crippen molar-refractivity contribution in [3.05, 3.63) is 33.9 Å². The molecule has 0 saturated carbocycles. The molecule has 0 bridgehead atoms. The number of nitro benzene ring substituents is 1. The molecule has 1 aromatic carbocycles. The third kappa shape index (κ3) is 5.22. The maximum atomic E-state index is 12.0. The fourth-order valence-corrected chi connectivity index (χ4v) is 1.95. The van der Waals surface area contributed by atoms with E-state index < -0.39 is 28.5 Å². The van der Waals surface area contributed by atoms with Gasteiger partial charge in [-0.2, -0.15) is 0 Å². The summed E-state index contributed by atoms with van der Waals surface area (Å²) in [5.74, 6) is -2.08. The van der Waals surface area contributed by atoms with Crippen LogP contribution in [0.1, 0.15) is 45.0 Å². The van der Waals surface area contributed by atoms with Gasteiger partial charge in [-0.1, -0.05) is 13.8 Å². The van der Waals surface area contributed by atoms with Gasteiger partial charge in [0.1, 0.15) is 17.3 Å². The van der Waals surface area contributed by atoms with Crippen LogP contribution in [0.5, 0.6) is 0 Å². The molecule has 0 amide bonds. The number of benzene rings is 1. The van der Waals surface area contributed by atoms with Gasteiger partial charge in [0.2, 0.25) is 0 Å². The number of aliphatic carboxylic acids is 1. The molecular formula is C16H22N2O6. The number of nitro groups is 1. The van der Waals surface area contributed by atoms with Crippen molar-refractivity contribution in [3.63, 3.8) is 0 Å². The molecule has 24 heavy (non-hydrogen) atoms. The standard InChI is InChI=1S/C16H22N2O6/c1-9(2)13(14(19)20)17-11-7-6-10(8-12(11)18(22)23)15(21)24-16(3,4)5/h6-9,13,17H,1-5H3,(H,19,20). The molecule has 0 aromatic heterocycles. The SMILES string of the molecule is CC(C)C(Nc1ccc(C(=O)OC(C)(C)C)cc1[N+](=O)[O-])C(=O)O. The van der Waals surface area contributed by atoms with Crippen molar-refractivity contribution in [2.24, 2.45) is 5.92 Å². The van der Waals surface area contributed by atoms with Gasteiger partial charge in [-0.3, -0.25) is 10.1 Å². The average Bonchev–Trinajstić information content (AvgIpc) is 2.41. The topological polar surface area (TPSA) is 119 Å². The lowest BCUT2D eigenvalue weighted by atomic mass is 10.0. The monoisotopic (exact) mass is 338 g/mol. The molecule has 0 saturated heterocycles. The zero-order chi connectivity index (χ0) is 18.7. The zero-order valence-electron chi connectivity index (χ0n) is 14.3. The predicted molar refractivity (Wildman–Crippen MR) is 88.1 cm³/mol. The highest BCUT2D eigenvalue weighted by Gasteiger charge is 2.26. The van der Waals surface area contributed by atoms with Gasteiger partial charge in [-0.25, -0.2) is 9.59 Å². The number of carboxylic acids is 1. The fourth-order valence-electron chi connectivity index (χ4n) is 1.95. The zero-order valence-corrected chi connectivity index (χ0v) is 14.3. The van der Waals surface area contributed by atoms with E-state index in [4.69, 9.17) is 4.74 Å². The summed E-state index contributed by atoms with van der Waals surface area (Å²) < 4.78 is 5.18. The minimum Gasteiger partial charge on any atom is -0.480 e. The number of hydrogen-bond acceptors (Lipinski definition) is 6. The van der Waals surface area contributed by atoms with E-state index in [0.29, 0.717) is 0 Å². The summed E-state index contributed by atoms with van der Waals surface area (Å²) in [5.41, 5.74) is -1.05. The Morgan fingerprint density at radius 3 is 2.29 bits per heavy atom. The lowest BCUT2D eigenvalue weighted by Gasteiger charge is -2.20.